The van der Waals surface area contributed by atoms with E-state index in [1.165, 1.54) is 0 Å². The number of hydrogen-bond donors (Lipinski definition) is 0. The molecule has 2 nitrogen and oxygen atoms in total. The smallest absolute Gasteiger partial charge is 0.0648 e. The van der Waals surface area contributed by atoms with Gasteiger partial charge in [-0.25, -0.2) is 0 Å². The van der Waals surface area contributed by atoms with E-state index in [0.29, 0.717) is 22.1 Å². The Morgan fingerprint density at radius 3 is 1.17 bits per heavy atom. The second kappa shape index (κ2) is 7.99. The van der Waals surface area contributed by atoms with Gasteiger partial charge >= 0.3 is 0 Å². The SMILES string of the molecule is [2H]c1c([2H])c(-n2c3ccccc3c3ccccc32)c([2H])c2c1-c1c([2H])c([2H])c(-n3c4ccccc4c4ccccc43)c([2H])c1C2(C([2H])([2H])[2H])C([2H])([2H])[2H]. The Morgan fingerprint density at radius 2 is 0.829 bits per heavy atom. The Labute approximate surface area is 255 Å². The van der Waals surface area contributed by atoms with Gasteiger partial charge in [0.25, 0.3) is 0 Å². The molecule has 0 amide bonds. The third-order valence-corrected chi connectivity index (χ3v) is 8.21. The van der Waals surface area contributed by atoms with Crippen LogP contribution in [0.2, 0.25) is 0 Å². The van der Waals surface area contributed by atoms with Crippen molar-refractivity contribution in [3.8, 4) is 22.5 Å². The molecule has 6 aromatic carbocycles. The lowest BCUT2D eigenvalue weighted by atomic mass is 9.82. The monoisotopic (exact) mass is 536 g/mol. The van der Waals surface area contributed by atoms with Crippen LogP contribution in [-0.4, -0.2) is 9.13 Å². The van der Waals surface area contributed by atoms with Gasteiger partial charge in [0.1, 0.15) is 0 Å². The van der Waals surface area contributed by atoms with E-state index in [9.17, 15) is 8.22 Å². The van der Waals surface area contributed by atoms with Crippen LogP contribution < -0.4 is 0 Å². The molecule has 0 aliphatic heterocycles. The summed E-state index contributed by atoms with van der Waals surface area (Å²) in [7, 11) is 0. The molecule has 0 N–H and O–H groups in total. The lowest BCUT2D eigenvalue weighted by Crippen LogP contribution is -2.16. The third-order valence-electron chi connectivity index (χ3n) is 8.21. The number of rotatable bonds is 2. The van der Waals surface area contributed by atoms with E-state index in [1.54, 1.807) is 57.7 Å². The molecule has 0 fully saturated rings. The van der Waals surface area contributed by atoms with Gasteiger partial charge < -0.3 is 9.13 Å². The van der Waals surface area contributed by atoms with Crippen molar-refractivity contribution in [1.82, 2.24) is 9.13 Å². The van der Waals surface area contributed by atoms with Gasteiger partial charge in [0.2, 0.25) is 0 Å². The lowest BCUT2D eigenvalue weighted by molar-refractivity contribution is 0.659. The minimum atomic E-state index is -3.47. The molecule has 0 unspecified atom stereocenters. The van der Waals surface area contributed by atoms with Crippen LogP contribution in [0.5, 0.6) is 0 Å². The van der Waals surface area contributed by atoms with E-state index in [1.807, 2.05) is 48.5 Å². The Hall–Kier alpha value is -5.08. The first-order chi connectivity index (χ1) is 25.1. The van der Waals surface area contributed by atoms with Crippen molar-refractivity contribution in [1.29, 1.82) is 0 Å². The molecule has 41 heavy (non-hydrogen) atoms. The summed E-state index contributed by atoms with van der Waals surface area (Å²) in [6, 6.07) is 25.6. The van der Waals surface area contributed by atoms with Crippen LogP contribution in [0.25, 0.3) is 66.1 Å². The fourth-order valence-corrected chi connectivity index (χ4v) is 6.41. The van der Waals surface area contributed by atoms with Crippen LogP contribution in [0, 0.1) is 0 Å². The van der Waals surface area contributed by atoms with Gasteiger partial charge in [-0.1, -0.05) is 98.6 Å². The highest BCUT2D eigenvalue weighted by atomic mass is 15.0. The van der Waals surface area contributed by atoms with Crippen LogP contribution in [0.1, 0.15) is 41.3 Å². The van der Waals surface area contributed by atoms with Crippen LogP contribution in [0.4, 0.5) is 0 Å². The summed E-state index contributed by atoms with van der Waals surface area (Å²) >= 11 is 0. The van der Waals surface area contributed by atoms with Gasteiger partial charge in [-0.15, -0.1) is 0 Å². The molecule has 0 spiro atoms. The van der Waals surface area contributed by atoms with Crippen LogP contribution in [0.15, 0.2) is 133 Å². The highest BCUT2D eigenvalue weighted by Gasteiger charge is 2.36. The first-order valence-corrected chi connectivity index (χ1v) is 13.4. The van der Waals surface area contributed by atoms with E-state index >= 15 is 0 Å². The van der Waals surface area contributed by atoms with Crippen molar-refractivity contribution in [3.63, 3.8) is 0 Å². The summed E-state index contributed by atoms with van der Waals surface area (Å²) in [5.41, 5.74) is -3.18. The maximum Gasteiger partial charge on any atom is 0.0648 e. The zero-order valence-corrected chi connectivity index (χ0v) is 21.6. The maximum atomic E-state index is 9.79. The minimum Gasteiger partial charge on any atom is -0.309 e. The van der Waals surface area contributed by atoms with Crippen molar-refractivity contribution in [2.24, 2.45) is 0 Å². The van der Waals surface area contributed by atoms with Crippen LogP contribution in [0.3, 0.4) is 0 Å². The zero-order valence-electron chi connectivity index (χ0n) is 33.6. The first kappa shape index (κ1) is 14.0. The fourth-order valence-electron chi connectivity index (χ4n) is 6.41. The van der Waals surface area contributed by atoms with Gasteiger partial charge in [0, 0.05) is 46.6 Å². The quantitative estimate of drug-likeness (QED) is 0.208. The van der Waals surface area contributed by atoms with E-state index < -0.39 is 77.6 Å². The molecule has 1 aliphatic rings. The molecule has 2 aromatic heterocycles. The summed E-state index contributed by atoms with van der Waals surface area (Å²) in [6.45, 7) is -6.93. The zero-order chi connectivity index (χ0) is 37.5. The normalized spacial score (nSPS) is 18.6. The second-order valence-corrected chi connectivity index (χ2v) is 10.4. The Balaban J connectivity index is 1.49. The molecule has 0 radical (unpaired) electrons. The number of nitrogens with zero attached hydrogens (tertiary/aromatic N) is 2. The summed E-state index contributed by atoms with van der Waals surface area (Å²) < 4.78 is 114. The summed E-state index contributed by atoms with van der Waals surface area (Å²) in [6.07, 6.45) is 0. The molecule has 8 aromatic rings. The second-order valence-electron chi connectivity index (χ2n) is 10.4. The fraction of sp³-hybridized carbons (Fsp3) is 0.0769. The average molecular weight is 537 g/mol. The van der Waals surface area contributed by atoms with E-state index in [4.69, 9.17) is 8.22 Å². The van der Waals surface area contributed by atoms with E-state index in [2.05, 4.69) is 0 Å². The highest BCUT2D eigenvalue weighted by Crippen LogP contribution is 2.50. The van der Waals surface area contributed by atoms with Crippen molar-refractivity contribution in [2.75, 3.05) is 0 Å². The minimum absolute atomic E-state index is 0.191. The molecule has 0 saturated carbocycles. The molecular formula is C39H28N2. The molecular weight excluding hydrogens is 496 g/mol. The van der Waals surface area contributed by atoms with Gasteiger partial charge in [-0.2, -0.15) is 0 Å². The first-order valence-electron chi connectivity index (χ1n) is 19.4. The molecule has 2 heterocycles. The summed E-state index contributed by atoms with van der Waals surface area (Å²) in [5, 5.41) is 3.08. The van der Waals surface area contributed by atoms with Gasteiger partial charge in [0.05, 0.1) is 30.3 Å². The van der Waals surface area contributed by atoms with Gasteiger partial charge in [0.15, 0.2) is 0 Å². The highest BCUT2D eigenvalue weighted by molar-refractivity contribution is 6.10. The number of fused-ring (bicyclic) bond motifs is 9. The molecule has 0 atom stereocenters. The third kappa shape index (κ3) is 2.97. The Morgan fingerprint density at radius 1 is 0.488 bits per heavy atom. The number of benzene rings is 6. The summed E-state index contributed by atoms with van der Waals surface area (Å²) in [5.74, 6) is 0. The largest absolute Gasteiger partial charge is 0.309 e. The van der Waals surface area contributed by atoms with Crippen LogP contribution >= 0.6 is 0 Å². The lowest BCUT2D eigenvalue weighted by Gasteiger charge is -2.23. The number of hydrogen-bond acceptors (Lipinski definition) is 0. The van der Waals surface area contributed by atoms with Crippen LogP contribution in [-0.2, 0) is 5.41 Å². The van der Waals surface area contributed by atoms with Crippen molar-refractivity contribution >= 4 is 43.6 Å². The van der Waals surface area contributed by atoms with Crippen molar-refractivity contribution < 1.29 is 16.4 Å². The van der Waals surface area contributed by atoms with Gasteiger partial charge in [-0.3, -0.25) is 0 Å². The Bertz CT molecular complexity index is 2590. The molecule has 0 saturated heterocycles. The molecule has 194 valence electrons. The van der Waals surface area contributed by atoms with Crippen molar-refractivity contribution in [2.45, 2.75) is 19.1 Å². The molecule has 2 heteroatoms. The number of para-hydroxylation sites is 4. The molecule has 1 aliphatic carbocycles. The average Bonchev–Trinajstić information content (AvgIpc) is 3.76. The standard InChI is InChI=1S/C39H28N2/c1-39(2)33-23-25(40-35-15-7-3-11-29(35)30-12-4-8-16-36(30)40)19-21-27(33)28-22-20-26(24-34(28)39)41-37-17-9-5-13-31(37)32-14-6-10-18-38(32)41/h3-24H,1-2H3/i1D3,2D3,19D,20D,21D,22D,23D,24D. The van der Waals surface area contributed by atoms with Gasteiger partial charge in [-0.05, 0) is 70.7 Å². The topological polar surface area (TPSA) is 9.86 Å². The maximum absolute atomic E-state index is 9.79. The predicted molar refractivity (Wildman–Crippen MR) is 173 cm³/mol. The van der Waals surface area contributed by atoms with E-state index in [0.717, 1.165) is 21.5 Å². The van der Waals surface area contributed by atoms with E-state index in [-0.39, 0.29) is 11.4 Å². The number of aromatic nitrogens is 2. The molecule has 0 bridgehead atoms. The molecule has 9 rings (SSSR count). The predicted octanol–water partition coefficient (Wildman–Crippen LogP) is 10.2. The van der Waals surface area contributed by atoms with Crippen molar-refractivity contribution in [3.05, 3.63) is 144 Å². The Kier molecular flexibility index (Phi) is 2.73. The summed E-state index contributed by atoms with van der Waals surface area (Å²) in [4.78, 5) is 0.